The predicted molar refractivity (Wildman–Crippen MR) is 141 cm³/mol. The minimum absolute atomic E-state index is 0.0797. The van der Waals surface area contributed by atoms with Crippen molar-refractivity contribution in [3.8, 4) is 0 Å². The fourth-order valence-electron chi connectivity index (χ4n) is 5.89. The maximum absolute atomic E-state index is 11.9. The van der Waals surface area contributed by atoms with Gasteiger partial charge in [0.25, 0.3) is 0 Å². The average molecular weight is 576 g/mol. The van der Waals surface area contributed by atoms with Crippen LogP contribution in [0, 0.1) is 11.8 Å². The second-order valence-corrected chi connectivity index (χ2v) is 24.6. The van der Waals surface area contributed by atoms with Crippen LogP contribution < -0.4 is 0 Å². The van der Waals surface area contributed by atoms with E-state index in [0.29, 0.717) is 18.6 Å². The van der Waals surface area contributed by atoms with E-state index < -0.39 is 18.4 Å². The standard InChI is InChI=1S/C15H28NO4.3C4H9.Sn/c1-12(6-5-9-19-11-18-4)14-10-16(3)8-7-15(14)20-13(2)17;3*1-3-4-2;/h12,14-15H,1,5-11H2,2-4H3;3*1,3-4H2,2H3;. The first-order chi connectivity index (χ1) is 15.9. The van der Waals surface area contributed by atoms with Gasteiger partial charge >= 0.3 is 210 Å². The summed E-state index contributed by atoms with van der Waals surface area (Å²) in [5.41, 5.74) is 0. The number of unbranched alkanes of at least 4 members (excludes halogenated alkanes) is 3. The molecule has 5 nitrogen and oxygen atoms in total. The van der Waals surface area contributed by atoms with Crippen molar-refractivity contribution >= 4 is 24.3 Å². The van der Waals surface area contributed by atoms with Crippen LogP contribution in [0.15, 0.2) is 0 Å². The SMILES string of the molecule is CCC[CH2][Sn]([CH2]CCC)([CH2]CCC)[CH2]C(CCCOCOC)C1CN(C)CCC1OC(C)=O. The third-order valence-electron chi connectivity index (χ3n) is 7.66. The molecule has 0 aliphatic carbocycles. The first-order valence-corrected chi connectivity index (χ1v) is 21.9. The second-order valence-electron chi connectivity index (χ2n) is 10.6. The molecule has 1 fully saturated rings. The van der Waals surface area contributed by atoms with E-state index in [1.54, 1.807) is 27.3 Å². The van der Waals surface area contributed by atoms with E-state index in [9.17, 15) is 4.79 Å². The Bertz CT molecular complexity index is 483. The average Bonchev–Trinajstić information content (AvgIpc) is 2.79. The summed E-state index contributed by atoms with van der Waals surface area (Å²) < 4.78 is 22.8. The molecule has 0 radical (unpaired) electrons. The Morgan fingerprint density at radius 2 is 1.64 bits per heavy atom. The van der Waals surface area contributed by atoms with E-state index in [4.69, 9.17) is 14.2 Å². The van der Waals surface area contributed by atoms with Crippen LogP contribution in [0.5, 0.6) is 0 Å². The number of hydrogen-bond donors (Lipinski definition) is 0. The molecule has 0 aromatic rings. The van der Waals surface area contributed by atoms with Gasteiger partial charge in [0, 0.05) is 0 Å². The van der Waals surface area contributed by atoms with Crippen LogP contribution in [0.3, 0.4) is 0 Å². The Kier molecular flexibility index (Phi) is 17.4. The summed E-state index contributed by atoms with van der Waals surface area (Å²) in [5, 5.41) is 0. The molecule has 196 valence electrons. The molecule has 0 amide bonds. The molecule has 1 aliphatic heterocycles. The number of esters is 1. The van der Waals surface area contributed by atoms with E-state index in [-0.39, 0.29) is 12.1 Å². The normalized spacial score (nSPS) is 20.7. The summed E-state index contributed by atoms with van der Waals surface area (Å²) in [6.07, 6.45) is 11.5. The van der Waals surface area contributed by atoms with Crippen molar-refractivity contribution < 1.29 is 19.0 Å². The maximum atomic E-state index is 11.9. The Balaban J connectivity index is 3.14. The molecule has 33 heavy (non-hydrogen) atoms. The molecular formula is C27H55NO4Sn. The number of carbonyl (C=O) groups is 1. The van der Waals surface area contributed by atoms with Crippen LogP contribution in [-0.2, 0) is 19.0 Å². The van der Waals surface area contributed by atoms with Crippen LogP contribution in [0.1, 0.15) is 85.5 Å². The molecule has 6 heteroatoms. The fourth-order valence-corrected chi connectivity index (χ4v) is 23.9. The zero-order valence-corrected chi connectivity index (χ0v) is 25.7. The van der Waals surface area contributed by atoms with Gasteiger partial charge in [-0.05, 0) is 0 Å². The molecule has 1 aliphatic rings. The first-order valence-electron chi connectivity index (χ1n) is 13.8. The Hall–Kier alpha value is 0.149. The number of rotatable bonds is 19. The molecule has 3 unspecified atom stereocenters. The van der Waals surface area contributed by atoms with Crippen molar-refractivity contribution in [1.82, 2.24) is 4.90 Å². The fraction of sp³-hybridized carbons (Fsp3) is 0.963. The topological polar surface area (TPSA) is 48.0 Å². The number of carbonyl (C=O) groups excluding carboxylic acids is 1. The molecule has 0 spiro atoms. The molecular weight excluding hydrogens is 521 g/mol. The first kappa shape index (κ1) is 31.2. The van der Waals surface area contributed by atoms with E-state index >= 15 is 0 Å². The van der Waals surface area contributed by atoms with Gasteiger partial charge in [-0.2, -0.15) is 0 Å². The number of ether oxygens (including phenoxy) is 3. The summed E-state index contributed by atoms with van der Waals surface area (Å²) in [4.78, 5) is 14.4. The molecule has 1 saturated heterocycles. The van der Waals surface area contributed by atoms with Crippen molar-refractivity contribution in [2.75, 3.05) is 40.6 Å². The summed E-state index contributed by atoms with van der Waals surface area (Å²) in [7, 11) is 3.92. The molecule has 1 heterocycles. The molecule has 3 atom stereocenters. The number of hydrogen-bond acceptors (Lipinski definition) is 5. The van der Waals surface area contributed by atoms with Crippen molar-refractivity contribution in [2.24, 2.45) is 11.8 Å². The van der Waals surface area contributed by atoms with Crippen LogP contribution in [0.25, 0.3) is 0 Å². The van der Waals surface area contributed by atoms with Crippen LogP contribution in [0.2, 0.25) is 17.7 Å². The molecule has 0 aromatic heterocycles. The third-order valence-corrected chi connectivity index (χ3v) is 23.7. The van der Waals surface area contributed by atoms with Gasteiger partial charge in [0.1, 0.15) is 0 Å². The van der Waals surface area contributed by atoms with E-state index in [0.717, 1.165) is 32.5 Å². The Morgan fingerprint density at radius 1 is 1.03 bits per heavy atom. The predicted octanol–water partition coefficient (Wildman–Crippen LogP) is 6.74. The zero-order chi connectivity index (χ0) is 24.5. The second kappa shape index (κ2) is 18.4. The van der Waals surface area contributed by atoms with Gasteiger partial charge in [0.05, 0.1) is 0 Å². The zero-order valence-electron chi connectivity index (χ0n) is 22.8. The quantitative estimate of drug-likeness (QED) is 0.0739. The number of likely N-dealkylation sites (tertiary alicyclic amines) is 1. The van der Waals surface area contributed by atoms with Gasteiger partial charge in [-0.15, -0.1) is 0 Å². The molecule has 0 bridgehead atoms. The Labute approximate surface area is 209 Å². The summed E-state index contributed by atoms with van der Waals surface area (Å²) in [5.74, 6) is 0.982. The minimum atomic E-state index is -2.32. The number of nitrogens with zero attached hydrogens (tertiary/aromatic N) is 1. The van der Waals surface area contributed by atoms with Crippen molar-refractivity contribution in [2.45, 2.75) is 109 Å². The summed E-state index contributed by atoms with van der Waals surface area (Å²) in [6, 6.07) is 0. The molecule has 0 saturated carbocycles. The van der Waals surface area contributed by atoms with Gasteiger partial charge in [-0.1, -0.05) is 0 Å². The molecule has 1 rings (SSSR count). The number of piperidine rings is 1. The van der Waals surface area contributed by atoms with Crippen LogP contribution >= 0.6 is 0 Å². The van der Waals surface area contributed by atoms with E-state index in [2.05, 4.69) is 32.7 Å². The van der Waals surface area contributed by atoms with Crippen molar-refractivity contribution in [3.05, 3.63) is 0 Å². The van der Waals surface area contributed by atoms with Gasteiger partial charge < -0.3 is 0 Å². The number of methoxy groups -OCH3 is 1. The van der Waals surface area contributed by atoms with Crippen molar-refractivity contribution in [3.63, 3.8) is 0 Å². The van der Waals surface area contributed by atoms with Crippen molar-refractivity contribution in [1.29, 1.82) is 0 Å². The summed E-state index contributed by atoms with van der Waals surface area (Å²) in [6.45, 7) is 11.9. The van der Waals surface area contributed by atoms with Gasteiger partial charge in [0.2, 0.25) is 0 Å². The molecule has 0 N–H and O–H groups in total. The van der Waals surface area contributed by atoms with Gasteiger partial charge in [0.15, 0.2) is 0 Å². The Morgan fingerprint density at radius 3 is 2.15 bits per heavy atom. The van der Waals surface area contributed by atoms with E-state index in [1.807, 2.05) is 0 Å². The summed E-state index contributed by atoms with van der Waals surface area (Å²) >= 11 is -2.32. The molecule has 0 aromatic carbocycles. The van der Waals surface area contributed by atoms with E-state index in [1.165, 1.54) is 49.4 Å². The van der Waals surface area contributed by atoms with Crippen LogP contribution in [0.4, 0.5) is 0 Å². The monoisotopic (exact) mass is 577 g/mol. The third kappa shape index (κ3) is 12.6. The van der Waals surface area contributed by atoms with Crippen LogP contribution in [-0.4, -0.2) is 76.0 Å². The van der Waals surface area contributed by atoms with Gasteiger partial charge in [-0.25, -0.2) is 0 Å². The van der Waals surface area contributed by atoms with Gasteiger partial charge in [-0.3, -0.25) is 0 Å².